The van der Waals surface area contributed by atoms with Crippen LogP contribution in [0.5, 0.6) is 0 Å². The van der Waals surface area contributed by atoms with E-state index in [0.717, 1.165) is 12.8 Å². The van der Waals surface area contributed by atoms with Crippen molar-refractivity contribution in [3.05, 3.63) is 0 Å². The zero-order chi connectivity index (χ0) is 13.2. The monoisotopic (exact) mass is 257 g/mol. The summed E-state index contributed by atoms with van der Waals surface area (Å²) in [5.74, 6) is -0.948. The van der Waals surface area contributed by atoms with Crippen LogP contribution >= 0.6 is 0 Å². The first kappa shape index (κ1) is 13.3. The van der Waals surface area contributed by atoms with Crippen LogP contribution in [0.15, 0.2) is 0 Å². The van der Waals surface area contributed by atoms with Gasteiger partial charge in [0.05, 0.1) is 19.1 Å². The molecule has 2 atom stereocenters. The van der Waals surface area contributed by atoms with Gasteiger partial charge in [-0.25, -0.2) is 0 Å². The van der Waals surface area contributed by atoms with Gasteiger partial charge in [-0.1, -0.05) is 0 Å². The molecule has 2 aliphatic heterocycles. The van der Waals surface area contributed by atoms with Gasteiger partial charge in [-0.2, -0.15) is 0 Å². The van der Waals surface area contributed by atoms with Gasteiger partial charge in [0.2, 0.25) is 0 Å². The Kier molecular flexibility index (Phi) is 3.87. The Labute approximate surface area is 106 Å². The van der Waals surface area contributed by atoms with Crippen LogP contribution in [0.25, 0.3) is 0 Å². The van der Waals surface area contributed by atoms with Crippen LogP contribution in [0.4, 0.5) is 0 Å². The summed E-state index contributed by atoms with van der Waals surface area (Å²) in [6.07, 6.45) is 1.14. The van der Waals surface area contributed by atoms with E-state index in [1.807, 2.05) is 6.92 Å². The Morgan fingerprint density at radius 2 is 2.22 bits per heavy atom. The summed E-state index contributed by atoms with van der Waals surface area (Å²) in [7, 11) is 0. The van der Waals surface area contributed by atoms with E-state index in [9.17, 15) is 9.59 Å². The standard InChI is InChI=1S/C12H19NO5/c1-12(3-2-5-18-12)11(16)13-4-6-17-9(8-13)7-10(14)15/h9H,2-8H2,1H3,(H,14,15). The number of carbonyl (C=O) groups is 2. The molecule has 2 saturated heterocycles. The third kappa shape index (κ3) is 2.81. The number of aliphatic carboxylic acids is 1. The van der Waals surface area contributed by atoms with Gasteiger partial charge in [-0.3, -0.25) is 9.59 Å². The smallest absolute Gasteiger partial charge is 0.306 e. The van der Waals surface area contributed by atoms with E-state index in [1.165, 1.54) is 0 Å². The van der Waals surface area contributed by atoms with Crippen molar-refractivity contribution in [1.29, 1.82) is 0 Å². The van der Waals surface area contributed by atoms with Crippen molar-refractivity contribution in [2.75, 3.05) is 26.3 Å². The number of carboxylic acids is 1. The molecule has 0 radical (unpaired) electrons. The molecule has 0 saturated carbocycles. The minimum absolute atomic E-state index is 0.0429. The fourth-order valence-electron chi connectivity index (χ4n) is 2.50. The van der Waals surface area contributed by atoms with Gasteiger partial charge >= 0.3 is 5.97 Å². The normalized spacial score (nSPS) is 32.5. The van der Waals surface area contributed by atoms with Gasteiger partial charge in [0.15, 0.2) is 0 Å². The second kappa shape index (κ2) is 5.24. The number of amides is 1. The van der Waals surface area contributed by atoms with E-state index in [1.54, 1.807) is 4.90 Å². The average Bonchev–Trinajstić information content (AvgIpc) is 2.76. The van der Waals surface area contributed by atoms with Crippen molar-refractivity contribution < 1.29 is 24.2 Å². The van der Waals surface area contributed by atoms with Crippen LogP contribution in [0.2, 0.25) is 0 Å². The third-order valence-electron chi connectivity index (χ3n) is 3.50. The quantitative estimate of drug-likeness (QED) is 0.784. The third-order valence-corrected chi connectivity index (χ3v) is 3.50. The maximum absolute atomic E-state index is 12.4. The fraction of sp³-hybridized carbons (Fsp3) is 0.833. The Bertz CT molecular complexity index is 337. The summed E-state index contributed by atoms with van der Waals surface area (Å²) in [5, 5.41) is 8.74. The lowest BCUT2D eigenvalue weighted by Crippen LogP contribution is -2.53. The van der Waals surface area contributed by atoms with Crippen molar-refractivity contribution in [1.82, 2.24) is 4.90 Å². The molecule has 0 aromatic rings. The largest absolute Gasteiger partial charge is 0.481 e. The molecular weight excluding hydrogens is 238 g/mol. The number of hydrogen-bond acceptors (Lipinski definition) is 4. The molecule has 1 amide bonds. The predicted molar refractivity (Wildman–Crippen MR) is 62.2 cm³/mol. The Morgan fingerprint density at radius 1 is 1.44 bits per heavy atom. The zero-order valence-corrected chi connectivity index (χ0v) is 10.6. The summed E-state index contributed by atoms with van der Waals surface area (Å²) in [6, 6.07) is 0. The molecule has 0 aromatic heterocycles. The molecule has 2 unspecified atom stereocenters. The van der Waals surface area contributed by atoms with E-state index < -0.39 is 17.7 Å². The van der Waals surface area contributed by atoms with E-state index >= 15 is 0 Å². The lowest BCUT2D eigenvalue weighted by Gasteiger charge is -2.36. The van der Waals surface area contributed by atoms with Crippen LogP contribution in [-0.2, 0) is 19.1 Å². The molecule has 1 N–H and O–H groups in total. The second-order valence-electron chi connectivity index (χ2n) is 5.02. The molecule has 0 aliphatic carbocycles. The highest BCUT2D eigenvalue weighted by Crippen LogP contribution is 2.28. The molecule has 2 rings (SSSR count). The first-order valence-corrected chi connectivity index (χ1v) is 6.28. The summed E-state index contributed by atoms with van der Waals surface area (Å²) in [4.78, 5) is 24.7. The van der Waals surface area contributed by atoms with Gasteiger partial charge in [0.25, 0.3) is 5.91 Å². The minimum atomic E-state index is -0.905. The van der Waals surface area contributed by atoms with Crippen molar-refractivity contribution in [2.45, 2.75) is 37.9 Å². The van der Waals surface area contributed by atoms with Crippen LogP contribution in [-0.4, -0.2) is 59.9 Å². The molecule has 0 spiro atoms. The lowest BCUT2D eigenvalue weighted by atomic mass is 10.0. The highest BCUT2D eigenvalue weighted by atomic mass is 16.5. The highest BCUT2D eigenvalue weighted by Gasteiger charge is 2.42. The maximum Gasteiger partial charge on any atom is 0.306 e. The van der Waals surface area contributed by atoms with Gasteiger partial charge in [-0.15, -0.1) is 0 Å². The Balaban J connectivity index is 1.95. The molecular formula is C12H19NO5. The Morgan fingerprint density at radius 3 is 2.83 bits per heavy atom. The van der Waals surface area contributed by atoms with Gasteiger partial charge in [-0.05, 0) is 19.8 Å². The van der Waals surface area contributed by atoms with E-state index in [4.69, 9.17) is 14.6 Å². The topological polar surface area (TPSA) is 76.1 Å². The first-order valence-electron chi connectivity index (χ1n) is 6.28. The summed E-state index contributed by atoms with van der Waals surface area (Å²) < 4.78 is 10.9. The van der Waals surface area contributed by atoms with Crippen LogP contribution in [0.1, 0.15) is 26.2 Å². The molecule has 6 heteroatoms. The number of carbonyl (C=O) groups excluding carboxylic acids is 1. The van der Waals surface area contributed by atoms with Gasteiger partial charge in [0.1, 0.15) is 5.60 Å². The summed E-state index contributed by atoms with van der Waals surface area (Å²) in [6.45, 7) is 3.66. The number of rotatable bonds is 3. The Hall–Kier alpha value is -1.14. The number of hydrogen-bond donors (Lipinski definition) is 1. The molecule has 2 heterocycles. The molecule has 2 fully saturated rings. The van der Waals surface area contributed by atoms with Crippen molar-refractivity contribution in [3.63, 3.8) is 0 Å². The van der Waals surface area contributed by atoms with Crippen molar-refractivity contribution in [2.24, 2.45) is 0 Å². The van der Waals surface area contributed by atoms with Gasteiger partial charge < -0.3 is 19.5 Å². The second-order valence-corrected chi connectivity index (χ2v) is 5.02. The van der Waals surface area contributed by atoms with E-state index in [-0.39, 0.29) is 12.3 Å². The van der Waals surface area contributed by atoms with E-state index in [0.29, 0.717) is 26.3 Å². The van der Waals surface area contributed by atoms with Crippen LogP contribution < -0.4 is 0 Å². The molecule has 18 heavy (non-hydrogen) atoms. The van der Waals surface area contributed by atoms with Gasteiger partial charge in [0, 0.05) is 19.7 Å². The lowest BCUT2D eigenvalue weighted by molar-refractivity contribution is -0.160. The van der Waals surface area contributed by atoms with Crippen molar-refractivity contribution in [3.8, 4) is 0 Å². The van der Waals surface area contributed by atoms with Crippen LogP contribution in [0, 0.1) is 0 Å². The summed E-state index contributed by atoms with van der Waals surface area (Å²) >= 11 is 0. The fourth-order valence-corrected chi connectivity index (χ4v) is 2.50. The van der Waals surface area contributed by atoms with Crippen molar-refractivity contribution >= 4 is 11.9 Å². The first-order chi connectivity index (χ1) is 8.51. The predicted octanol–water partition coefficient (Wildman–Crippen LogP) is 0.258. The van der Waals surface area contributed by atoms with E-state index in [2.05, 4.69) is 0 Å². The molecule has 2 aliphatic rings. The SMILES string of the molecule is CC1(C(=O)N2CCOC(CC(=O)O)C2)CCCO1. The highest BCUT2D eigenvalue weighted by molar-refractivity contribution is 5.85. The number of ether oxygens (including phenoxy) is 2. The zero-order valence-electron chi connectivity index (χ0n) is 10.6. The number of nitrogens with zero attached hydrogens (tertiary/aromatic N) is 1. The molecule has 0 aromatic carbocycles. The number of carboxylic acid groups (broad SMARTS) is 1. The average molecular weight is 257 g/mol. The minimum Gasteiger partial charge on any atom is -0.481 e. The summed E-state index contributed by atoms with van der Waals surface area (Å²) in [5.41, 5.74) is -0.731. The molecule has 6 nitrogen and oxygen atoms in total. The number of morpholine rings is 1. The molecule has 0 bridgehead atoms. The maximum atomic E-state index is 12.4. The van der Waals surface area contributed by atoms with Crippen LogP contribution in [0.3, 0.4) is 0 Å². The molecule has 102 valence electrons.